The number of nitrogens with two attached hydrogens (primary N) is 1. The molecule has 112 valence electrons. The Kier molecular flexibility index (Phi) is 6.35. The van der Waals surface area contributed by atoms with Gasteiger partial charge < -0.3 is 15.8 Å². The monoisotopic (exact) mass is 350 g/mol. The Labute approximate surface area is 124 Å². The molecule has 1 aromatic rings. The average Bonchev–Trinajstić information content (AvgIpc) is 2.37. The van der Waals surface area contributed by atoms with Crippen molar-refractivity contribution in [3.05, 3.63) is 28.2 Å². The van der Waals surface area contributed by atoms with Crippen molar-refractivity contribution in [2.45, 2.75) is 33.0 Å². The van der Waals surface area contributed by atoms with Gasteiger partial charge >= 0.3 is 6.61 Å². The smallest absolute Gasteiger partial charge is 0.387 e. The van der Waals surface area contributed by atoms with Crippen molar-refractivity contribution in [1.29, 1.82) is 0 Å². The van der Waals surface area contributed by atoms with Crippen molar-refractivity contribution in [1.82, 2.24) is 5.32 Å². The highest BCUT2D eigenvalue weighted by Crippen LogP contribution is 2.24. The molecule has 2 unspecified atom stereocenters. The first-order valence-corrected chi connectivity index (χ1v) is 6.87. The first-order chi connectivity index (χ1) is 9.31. The quantitative estimate of drug-likeness (QED) is 0.828. The van der Waals surface area contributed by atoms with E-state index in [1.54, 1.807) is 26.0 Å². The Bertz CT molecular complexity index is 470. The molecule has 0 saturated carbocycles. The molecule has 2 atom stereocenters. The molecule has 1 amide bonds. The van der Waals surface area contributed by atoms with Crippen LogP contribution in [0.4, 0.5) is 8.78 Å². The van der Waals surface area contributed by atoms with E-state index in [0.717, 1.165) is 0 Å². The Morgan fingerprint density at radius 3 is 2.65 bits per heavy atom. The molecule has 1 rings (SSSR count). The molecule has 0 aliphatic rings. The van der Waals surface area contributed by atoms with Gasteiger partial charge in [0.15, 0.2) is 0 Å². The summed E-state index contributed by atoms with van der Waals surface area (Å²) in [6.45, 7) is 0.623. The lowest BCUT2D eigenvalue weighted by molar-refractivity contribution is -0.125. The van der Waals surface area contributed by atoms with Gasteiger partial charge in [-0.05, 0) is 25.1 Å². The minimum absolute atomic E-state index is 0.0388. The van der Waals surface area contributed by atoms with Crippen molar-refractivity contribution in [3.63, 3.8) is 0 Å². The summed E-state index contributed by atoms with van der Waals surface area (Å²) in [6.07, 6.45) is 0. The van der Waals surface area contributed by atoms with E-state index in [0.29, 0.717) is 10.0 Å². The SMILES string of the molecule is CC(N)C(C)C(=O)NCc1cc(Br)ccc1OC(F)F. The van der Waals surface area contributed by atoms with Gasteiger partial charge in [-0.1, -0.05) is 22.9 Å². The molecule has 3 N–H and O–H groups in total. The van der Waals surface area contributed by atoms with Gasteiger partial charge in [0.2, 0.25) is 5.91 Å². The van der Waals surface area contributed by atoms with Gasteiger partial charge in [-0.3, -0.25) is 4.79 Å². The zero-order valence-electron chi connectivity index (χ0n) is 11.2. The molecule has 0 heterocycles. The second kappa shape index (κ2) is 7.54. The molecule has 1 aromatic carbocycles. The number of hydrogen-bond donors (Lipinski definition) is 2. The number of nitrogens with one attached hydrogen (secondary N) is 1. The van der Waals surface area contributed by atoms with E-state index < -0.39 is 6.61 Å². The van der Waals surface area contributed by atoms with Crippen LogP contribution in [0, 0.1) is 5.92 Å². The van der Waals surface area contributed by atoms with Crippen LogP contribution in [0.15, 0.2) is 22.7 Å². The Balaban J connectivity index is 2.76. The Morgan fingerprint density at radius 2 is 2.10 bits per heavy atom. The third kappa shape index (κ3) is 5.05. The molecule has 4 nitrogen and oxygen atoms in total. The van der Waals surface area contributed by atoms with Gasteiger partial charge in [0.05, 0.1) is 0 Å². The second-order valence-electron chi connectivity index (χ2n) is 4.50. The van der Waals surface area contributed by atoms with Crippen molar-refractivity contribution in [3.8, 4) is 5.75 Å². The van der Waals surface area contributed by atoms with Gasteiger partial charge in [0, 0.05) is 28.5 Å². The summed E-state index contributed by atoms with van der Waals surface area (Å²) < 4.78 is 29.7. The summed E-state index contributed by atoms with van der Waals surface area (Å²) in [6, 6.07) is 4.35. The second-order valence-corrected chi connectivity index (χ2v) is 5.41. The van der Waals surface area contributed by atoms with Crippen LogP contribution in [0.2, 0.25) is 0 Å². The molecule has 0 spiro atoms. The molecule has 0 bridgehead atoms. The van der Waals surface area contributed by atoms with E-state index in [4.69, 9.17) is 5.73 Å². The maximum Gasteiger partial charge on any atom is 0.387 e. The van der Waals surface area contributed by atoms with Crippen molar-refractivity contribution < 1.29 is 18.3 Å². The highest BCUT2D eigenvalue weighted by molar-refractivity contribution is 9.10. The minimum atomic E-state index is -2.91. The summed E-state index contributed by atoms with van der Waals surface area (Å²) in [5.74, 6) is -0.554. The van der Waals surface area contributed by atoms with Crippen LogP contribution >= 0.6 is 15.9 Å². The highest BCUT2D eigenvalue weighted by atomic mass is 79.9. The fourth-order valence-corrected chi connectivity index (χ4v) is 1.89. The lowest BCUT2D eigenvalue weighted by atomic mass is 10.0. The fraction of sp³-hybridized carbons (Fsp3) is 0.462. The molecule has 0 aliphatic heterocycles. The summed E-state index contributed by atoms with van der Waals surface area (Å²) in [5.41, 5.74) is 6.10. The van der Waals surface area contributed by atoms with Crippen LogP contribution in [-0.2, 0) is 11.3 Å². The summed E-state index contributed by atoms with van der Waals surface area (Å²) in [7, 11) is 0. The molecule has 0 aromatic heterocycles. The van der Waals surface area contributed by atoms with E-state index in [1.807, 2.05) is 0 Å². The lowest BCUT2D eigenvalue weighted by Gasteiger charge is -2.16. The van der Waals surface area contributed by atoms with E-state index in [2.05, 4.69) is 26.0 Å². The normalized spacial score (nSPS) is 13.9. The third-order valence-electron chi connectivity index (χ3n) is 2.89. The fourth-order valence-electron chi connectivity index (χ4n) is 1.48. The van der Waals surface area contributed by atoms with E-state index in [-0.39, 0.29) is 30.2 Å². The first kappa shape index (κ1) is 16.8. The predicted octanol–water partition coefficient (Wildman–Crippen LogP) is 2.65. The number of amides is 1. The van der Waals surface area contributed by atoms with E-state index in [1.165, 1.54) is 6.07 Å². The maximum atomic E-state index is 12.3. The topological polar surface area (TPSA) is 64.4 Å². The lowest BCUT2D eigenvalue weighted by Crippen LogP contribution is -2.38. The molecule has 7 heteroatoms. The average molecular weight is 351 g/mol. The standard InChI is InChI=1S/C13H17BrF2N2O2/c1-7(8(2)17)12(19)18-6-9-5-10(14)3-4-11(9)20-13(15)16/h3-5,7-8,13H,6,17H2,1-2H3,(H,18,19). The zero-order valence-corrected chi connectivity index (χ0v) is 12.8. The van der Waals surface area contributed by atoms with Gasteiger partial charge in [-0.2, -0.15) is 8.78 Å². The van der Waals surface area contributed by atoms with E-state index in [9.17, 15) is 13.6 Å². The van der Waals surface area contributed by atoms with Gasteiger partial charge in [0.25, 0.3) is 0 Å². The van der Waals surface area contributed by atoms with Crippen LogP contribution in [0.25, 0.3) is 0 Å². The first-order valence-electron chi connectivity index (χ1n) is 6.07. The number of benzene rings is 1. The molecule has 0 aliphatic carbocycles. The number of hydrogen-bond acceptors (Lipinski definition) is 3. The summed E-state index contributed by atoms with van der Waals surface area (Å²) >= 11 is 3.25. The number of carbonyl (C=O) groups excluding carboxylic acids is 1. The van der Waals surface area contributed by atoms with E-state index >= 15 is 0 Å². The van der Waals surface area contributed by atoms with Crippen molar-refractivity contribution in [2.24, 2.45) is 11.7 Å². The molecule has 0 radical (unpaired) electrons. The number of alkyl halides is 2. The third-order valence-corrected chi connectivity index (χ3v) is 3.39. The van der Waals surface area contributed by atoms with Crippen LogP contribution in [0.1, 0.15) is 19.4 Å². The molecule has 0 fully saturated rings. The number of carbonyl (C=O) groups is 1. The molecule has 20 heavy (non-hydrogen) atoms. The van der Waals surface area contributed by atoms with Crippen LogP contribution in [-0.4, -0.2) is 18.6 Å². The maximum absolute atomic E-state index is 12.3. The molecular weight excluding hydrogens is 334 g/mol. The summed E-state index contributed by atoms with van der Waals surface area (Å²) in [5, 5.41) is 2.66. The Morgan fingerprint density at radius 1 is 1.45 bits per heavy atom. The number of rotatable bonds is 6. The minimum Gasteiger partial charge on any atom is -0.434 e. The van der Waals surface area contributed by atoms with Gasteiger partial charge in [-0.15, -0.1) is 0 Å². The number of halogens is 3. The number of ether oxygens (including phenoxy) is 1. The molecular formula is C13H17BrF2N2O2. The van der Waals surface area contributed by atoms with Crippen molar-refractivity contribution >= 4 is 21.8 Å². The largest absolute Gasteiger partial charge is 0.434 e. The predicted molar refractivity (Wildman–Crippen MR) is 75.4 cm³/mol. The van der Waals surface area contributed by atoms with Gasteiger partial charge in [0.1, 0.15) is 5.75 Å². The Hall–Kier alpha value is -1.21. The van der Waals surface area contributed by atoms with Crippen LogP contribution in [0.3, 0.4) is 0 Å². The molecule has 0 saturated heterocycles. The zero-order chi connectivity index (χ0) is 15.3. The van der Waals surface area contributed by atoms with Crippen molar-refractivity contribution in [2.75, 3.05) is 0 Å². The van der Waals surface area contributed by atoms with Crippen LogP contribution in [0.5, 0.6) is 5.75 Å². The highest BCUT2D eigenvalue weighted by Gasteiger charge is 2.17. The van der Waals surface area contributed by atoms with Gasteiger partial charge in [-0.25, -0.2) is 0 Å². The summed E-state index contributed by atoms with van der Waals surface area (Å²) in [4.78, 5) is 11.8. The van der Waals surface area contributed by atoms with Crippen LogP contribution < -0.4 is 15.8 Å².